The predicted octanol–water partition coefficient (Wildman–Crippen LogP) is 2.91. The van der Waals surface area contributed by atoms with Crippen molar-refractivity contribution in [2.45, 2.75) is 16.3 Å². The van der Waals surface area contributed by atoms with Gasteiger partial charge in [0.2, 0.25) is 0 Å². The summed E-state index contributed by atoms with van der Waals surface area (Å²) in [5, 5.41) is 3.70. The summed E-state index contributed by atoms with van der Waals surface area (Å²) < 4.78 is 0. The van der Waals surface area contributed by atoms with E-state index in [0.717, 1.165) is 22.9 Å². The molecular formula is C17H21N3OS. The molecule has 1 heterocycles. The lowest BCUT2D eigenvalue weighted by Crippen LogP contribution is -2.27. The van der Waals surface area contributed by atoms with Crippen LogP contribution in [-0.4, -0.2) is 43.0 Å². The lowest BCUT2D eigenvalue weighted by Gasteiger charge is -2.11. The number of carbonyl (C=O) groups excluding carboxylic acids is 1. The fourth-order valence-corrected chi connectivity index (χ4v) is 2.84. The summed E-state index contributed by atoms with van der Waals surface area (Å²) in [4.78, 5) is 19.8. The first kappa shape index (κ1) is 16.5. The van der Waals surface area contributed by atoms with Crippen LogP contribution in [0.5, 0.6) is 0 Å². The highest BCUT2D eigenvalue weighted by Gasteiger charge is 2.12. The third kappa shape index (κ3) is 5.16. The average molecular weight is 315 g/mol. The first-order chi connectivity index (χ1) is 10.7. The Morgan fingerprint density at radius 2 is 1.95 bits per heavy atom. The Kier molecular flexibility index (Phi) is 6.43. The minimum Gasteiger partial charge on any atom is -0.352 e. The van der Waals surface area contributed by atoms with Gasteiger partial charge >= 0.3 is 0 Å². The maximum atomic E-state index is 12.3. The number of rotatable bonds is 7. The van der Waals surface area contributed by atoms with E-state index in [1.54, 1.807) is 12.3 Å². The molecule has 1 amide bonds. The van der Waals surface area contributed by atoms with Crippen molar-refractivity contribution < 1.29 is 4.79 Å². The number of hydrogen-bond donors (Lipinski definition) is 1. The van der Waals surface area contributed by atoms with E-state index in [1.165, 1.54) is 11.8 Å². The molecular weight excluding hydrogens is 294 g/mol. The zero-order valence-electron chi connectivity index (χ0n) is 13.0. The quantitative estimate of drug-likeness (QED) is 0.798. The Morgan fingerprint density at radius 1 is 1.18 bits per heavy atom. The molecule has 0 aliphatic carbocycles. The minimum absolute atomic E-state index is 0.0645. The number of aromatic nitrogens is 1. The topological polar surface area (TPSA) is 45.2 Å². The Bertz CT molecular complexity index is 602. The van der Waals surface area contributed by atoms with Gasteiger partial charge in [-0.05, 0) is 51.3 Å². The van der Waals surface area contributed by atoms with Gasteiger partial charge in [0, 0.05) is 17.6 Å². The van der Waals surface area contributed by atoms with Crippen LogP contribution < -0.4 is 5.32 Å². The standard InChI is InChI=1S/C17H21N3OS/c1-20(2)13-7-12-18-16(21)15-10-6-11-19-17(15)22-14-8-4-3-5-9-14/h3-6,8-11H,7,12-13H2,1-2H3,(H,18,21). The molecule has 0 fully saturated rings. The number of nitrogens with one attached hydrogen (secondary N) is 1. The second kappa shape index (κ2) is 8.56. The number of carbonyl (C=O) groups is 1. The third-order valence-electron chi connectivity index (χ3n) is 3.04. The van der Waals surface area contributed by atoms with Gasteiger partial charge in [0.15, 0.2) is 0 Å². The van der Waals surface area contributed by atoms with E-state index in [0.29, 0.717) is 12.1 Å². The van der Waals surface area contributed by atoms with Gasteiger partial charge < -0.3 is 10.2 Å². The van der Waals surface area contributed by atoms with Gasteiger partial charge in [-0.25, -0.2) is 4.98 Å². The zero-order chi connectivity index (χ0) is 15.8. The summed E-state index contributed by atoms with van der Waals surface area (Å²) in [5.74, 6) is -0.0645. The van der Waals surface area contributed by atoms with Crippen LogP contribution in [0.2, 0.25) is 0 Å². The third-order valence-corrected chi connectivity index (χ3v) is 4.07. The second-order valence-electron chi connectivity index (χ2n) is 5.18. The first-order valence-electron chi connectivity index (χ1n) is 7.27. The number of pyridine rings is 1. The highest BCUT2D eigenvalue weighted by molar-refractivity contribution is 7.99. The van der Waals surface area contributed by atoms with Crippen LogP contribution in [0.25, 0.3) is 0 Å². The van der Waals surface area contributed by atoms with Crippen molar-refractivity contribution in [1.82, 2.24) is 15.2 Å². The van der Waals surface area contributed by atoms with Crippen LogP contribution in [-0.2, 0) is 0 Å². The first-order valence-corrected chi connectivity index (χ1v) is 8.09. The van der Waals surface area contributed by atoms with Crippen LogP contribution in [0.1, 0.15) is 16.8 Å². The number of amides is 1. The number of nitrogens with zero attached hydrogens (tertiary/aromatic N) is 2. The Balaban J connectivity index is 2.00. The van der Waals surface area contributed by atoms with Gasteiger partial charge in [-0.2, -0.15) is 0 Å². The molecule has 22 heavy (non-hydrogen) atoms. The van der Waals surface area contributed by atoms with Crippen LogP contribution in [0.15, 0.2) is 58.6 Å². The second-order valence-corrected chi connectivity index (χ2v) is 6.25. The minimum atomic E-state index is -0.0645. The SMILES string of the molecule is CN(C)CCCNC(=O)c1cccnc1Sc1ccccc1. The van der Waals surface area contributed by atoms with Crippen LogP contribution in [0.3, 0.4) is 0 Å². The zero-order valence-corrected chi connectivity index (χ0v) is 13.8. The van der Waals surface area contributed by atoms with E-state index in [1.807, 2.05) is 50.5 Å². The molecule has 0 unspecified atom stereocenters. The van der Waals surface area contributed by atoms with Gasteiger partial charge in [-0.15, -0.1) is 0 Å². The monoisotopic (exact) mass is 315 g/mol. The molecule has 0 radical (unpaired) electrons. The van der Waals surface area contributed by atoms with E-state index >= 15 is 0 Å². The van der Waals surface area contributed by atoms with Crippen molar-refractivity contribution in [3.63, 3.8) is 0 Å². The fraction of sp³-hybridized carbons (Fsp3) is 0.294. The van der Waals surface area contributed by atoms with Crippen molar-refractivity contribution >= 4 is 17.7 Å². The van der Waals surface area contributed by atoms with Gasteiger partial charge in [0.1, 0.15) is 5.03 Å². The van der Waals surface area contributed by atoms with Gasteiger partial charge in [0.25, 0.3) is 5.91 Å². The van der Waals surface area contributed by atoms with Crippen molar-refractivity contribution in [3.05, 3.63) is 54.2 Å². The highest BCUT2D eigenvalue weighted by atomic mass is 32.2. The molecule has 5 heteroatoms. The maximum absolute atomic E-state index is 12.3. The summed E-state index contributed by atoms with van der Waals surface area (Å²) in [5.41, 5.74) is 0.626. The molecule has 0 atom stereocenters. The molecule has 1 aromatic heterocycles. The Labute approximate surface area is 135 Å². The van der Waals surface area contributed by atoms with Crippen molar-refractivity contribution in [2.75, 3.05) is 27.2 Å². The fourth-order valence-electron chi connectivity index (χ4n) is 1.94. The molecule has 116 valence electrons. The predicted molar refractivity (Wildman–Crippen MR) is 90.3 cm³/mol. The average Bonchev–Trinajstić information content (AvgIpc) is 2.53. The lowest BCUT2D eigenvalue weighted by atomic mass is 10.2. The summed E-state index contributed by atoms with van der Waals surface area (Å²) in [7, 11) is 4.05. The van der Waals surface area contributed by atoms with Crippen molar-refractivity contribution in [2.24, 2.45) is 0 Å². The van der Waals surface area contributed by atoms with E-state index in [2.05, 4.69) is 15.2 Å². The number of hydrogen-bond acceptors (Lipinski definition) is 4. The summed E-state index contributed by atoms with van der Waals surface area (Å²) in [6, 6.07) is 13.6. The Morgan fingerprint density at radius 3 is 2.68 bits per heavy atom. The van der Waals surface area contributed by atoms with E-state index < -0.39 is 0 Å². The normalized spacial score (nSPS) is 10.7. The van der Waals surface area contributed by atoms with Crippen molar-refractivity contribution in [1.29, 1.82) is 0 Å². The molecule has 2 rings (SSSR count). The highest BCUT2D eigenvalue weighted by Crippen LogP contribution is 2.28. The molecule has 0 saturated carbocycles. The number of benzene rings is 1. The summed E-state index contributed by atoms with van der Waals surface area (Å²) in [6.07, 6.45) is 2.65. The molecule has 1 N–H and O–H groups in total. The summed E-state index contributed by atoms with van der Waals surface area (Å²) >= 11 is 1.51. The maximum Gasteiger partial charge on any atom is 0.254 e. The van der Waals surface area contributed by atoms with Crippen LogP contribution in [0.4, 0.5) is 0 Å². The molecule has 2 aromatic rings. The van der Waals surface area contributed by atoms with Gasteiger partial charge in [0.05, 0.1) is 5.56 Å². The van der Waals surface area contributed by atoms with E-state index in [4.69, 9.17) is 0 Å². The molecule has 0 aliphatic rings. The molecule has 0 spiro atoms. The molecule has 0 saturated heterocycles. The molecule has 4 nitrogen and oxygen atoms in total. The van der Waals surface area contributed by atoms with E-state index in [-0.39, 0.29) is 5.91 Å². The van der Waals surface area contributed by atoms with Crippen LogP contribution >= 0.6 is 11.8 Å². The van der Waals surface area contributed by atoms with Crippen LogP contribution in [0, 0.1) is 0 Å². The van der Waals surface area contributed by atoms with Gasteiger partial charge in [-0.1, -0.05) is 30.0 Å². The van der Waals surface area contributed by atoms with Gasteiger partial charge in [-0.3, -0.25) is 4.79 Å². The molecule has 1 aromatic carbocycles. The lowest BCUT2D eigenvalue weighted by molar-refractivity contribution is 0.0948. The summed E-state index contributed by atoms with van der Waals surface area (Å²) in [6.45, 7) is 1.63. The smallest absolute Gasteiger partial charge is 0.254 e. The molecule has 0 bridgehead atoms. The largest absolute Gasteiger partial charge is 0.352 e. The Hall–Kier alpha value is -1.85. The molecule has 0 aliphatic heterocycles. The van der Waals surface area contributed by atoms with E-state index in [9.17, 15) is 4.79 Å². The van der Waals surface area contributed by atoms with Crippen molar-refractivity contribution in [3.8, 4) is 0 Å².